The van der Waals surface area contributed by atoms with Gasteiger partial charge in [0.2, 0.25) is 0 Å². The van der Waals surface area contributed by atoms with E-state index in [0.29, 0.717) is 13.2 Å². The van der Waals surface area contributed by atoms with Crippen LogP contribution in [0.15, 0.2) is 18.2 Å². The van der Waals surface area contributed by atoms with Crippen molar-refractivity contribution in [2.45, 2.75) is 20.0 Å². The number of hydrogen-bond donors (Lipinski definition) is 1. The highest BCUT2D eigenvalue weighted by molar-refractivity contribution is 5.37. The molecular formula is C12H20N2O. The van der Waals surface area contributed by atoms with E-state index in [2.05, 4.69) is 31.1 Å². The van der Waals surface area contributed by atoms with E-state index < -0.39 is 0 Å². The summed E-state index contributed by atoms with van der Waals surface area (Å²) >= 11 is 0. The molecule has 0 aliphatic heterocycles. The first-order valence-electron chi connectivity index (χ1n) is 5.26. The van der Waals surface area contributed by atoms with Gasteiger partial charge in [-0.25, -0.2) is 0 Å². The molecule has 0 heterocycles. The Morgan fingerprint density at radius 2 is 2.07 bits per heavy atom. The van der Waals surface area contributed by atoms with Crippen molar-refractivity contribution in [3.05, 3.63) is 29.3 Å². The molecule has 1 aromatic carbocycles. The van der Waals surface area contributed by atoms with Gasteiger partial charge in [-0.1, -0.05) is 12.1 Å². The van der Waals surface area contributed by atoms with Gasteiger partial charge in [-0.15, -0.1) is 0 Å². The monoisotopic (exact) mass is 208 g/mol. The Morgan fingerprint density at radius 1 is 1.33 bits per heavy atom. The Hall–Kier alpha value is -1.06. The fourth-order valence-electron chi connectivity index (χ4n) is 1.52. The Bertz CT molecular complexity index is 310. The molecule has 0 unspecified atom stereocenters. The van der Waals surface area contributed by atoms with Crippen molar-refractivity contribution < 1.29 is 4.74 Å². The quantitative estimate of drug-likeness (QED) is 0.799. The van der Waals surface area contributed by atoms with Crippen LogP contribution >= 0.6 is 0 Å². The lowest BCUT2D eigenvalue weighted by Crippen LogP contribution is -2.11. The largest absolute Gasteiger partial charge is 0.494 e. The van der Waals surface area contributed by atoms with E-state index in [4.69, 9.17) is 10.5 Å². The summed E-state index contributed by atoms with van der Waals surface area (Å²) in [7, 11) is 4.11. The Kier molecular flexibility index (Phi) is 4.59. The fourth-order valence-corrected chi connectivity index (χ4v) is 1.52. The molecule has 0 atom stereocenters. The van der Waals surface area contributed by atoms with Crippen LogP contribution in [0, 0.1) is 0 Å². The molecule has 0 spiro atoms. The predicted octanol–water partition coefficient (Wildman–Crippen LogP) is 1.61. The zero-order chi connectivity index (χ0) is 11.3. The summed E-state index contributed by atoms with van der Waals surface area (Å²) in [6.07, 6.45) is 0. The van der Waals surface area contributed by atoms with Gasteiger partial charge in [-0.2, -0.15) is 0 Å². The molecule has 0 bridgehead atoms. The van der Waals surface area contributed by atoms with Gasteiger partial charge in [0, 0.05) is 18.7 Å². The van der Waals surface area contributed by atoms with Crippen molar-refractivity contribution in [2.75, 3.05) is 20.7 Å². The summed E-state index contributed by atoms with van der Waals surface area (Å²) < 4.78 is 5.55. The minimum absolute atomic E-state index is 0.525. The first-order chi connectivity index (χ1) is 7.17. The molecule has 0 aromatic heterocycles. The van der Waals surface area contributed by atoms with Crippen LogP contribution in [-0.4, -0.2) is 25.6 Å². The number of nitrogens with zero attached hydrogens (tertiary/aromatic N) is 1. The average molecular weight is 208 g/mol. The van der Waals surface area contributed by atoms with Crippen LogP contribution in [0.3, 0.4) is 0 Å². The first kappa shape index (κ1) is 12.0. The molecule has 2 N–H and O–H groups in total. The Labute approximate surface area is 91.8 Å². The van der Waals surface area contributed by atoms with E-state index in [1.54, 1.807) is 0 Å². The highest BCUT2D eigenvalue weighted by Crippen LogP contribution is 2.20. The lowest BCUT2D eigenvalue weighted by atomic mass is 10.1. The van der Waals surface area contributed by atoms with Gasteiger partial charge >= 0.3 is 0 Å². The highest BCUT2D eigenvalue weighted by atomic mass is 16.5. The highest BCUT2D eigenvalue weighted by Gasteiger charge is 2.04. The molecule has 0 amide bonds. The summed E-state index contributed by atoms with van der Waals surface area (Å²) in [4.78, 5) is 2.13. The van der Waals surface area contributed by atoms with Crippen molar-refractivity contribution in [3.8, 4) is 5.75 Å². The van der Waals surface area contributed by atoms with Crippen LogP contribution in [0.4, 0.5) is 0 Å². The van der Waals surface area contributed by atoms with Crippen LogP contribution in [-0.2, 0) is 13.1 Å². The maximum atomic E-state index is 5.64. The predicted molar refractivity (Wildman–Crippen MR) is 62.9 cm³/mol. The topological polar surface area (TPSA) is 38.5 Å². The molecule has 0 fully saturated rings. The molecule has 0 radical (unpaired) electrons. The molecular weight excluding hydrogens is 188 g/mol. The van der Waals surface area contributed by atoms with Gasteiger partial charge in [0.1, 0.15) is 5.75 Å². The van der Waals surface area contributed by atoms with Crippen molar-refractivity contribution >= 4 is 0 Å². The summed E-state index contributed by atoms with van der Waals surface area (Å²) in [5.41, 5.74) is 7.96. The van der Waals surface area contributed by atoms with Crippen LogP contribution in [0.5, 0.6) is 5.75 Å². The van der Waals surface area contributed by atoms with Gasteiger partial charge in [0.25, 0.3) is 0 Å². The van der Waals surface area contributed by atoms with Crippen molar-refractivity contribution in [3.63, 3.8) is 0 Å². The standard InChI is InChI=1S/C12H20N2O/c1-4-15-12-7-10(9-14(2)3)5-6-11(12)8-13/h5-7H,4,8-9,13H2,1-3H3. The molecule has 3 heteroatoms. The third kappa shape index (κ3) is 3.53. The second kappa shape index (κ2) is 5.73. The second-order valence-electron chi connectivity index (χ2n) is 3.82. The van der Waals surface area contributed by atoms with Crippen molar-refractivity contribution in [2.24, 2.45) is 5.73 Å². The third-order valence-corrected chi connectivity index (χ3v) is 2.15. The zero-order valence-corrected chi connectivity index (χ0v) is 9.79. The fraction of sp³-hybridized carbons (Fsp3) is 0.500. The summed E-state index contributed by atoms with van der Waals surface area (Å²) in [6.45, 7) is 4.11. The van der Waals surface area contributed by atoms with E-state index in [0.717, 1.165) is 17.9 Å². The molecule has 84 valence electrons. The van der Waals surface area contributed by atoms with E-state index in [1.165, 1.54) is 5.56 Å². The van der Waals surface area contributed by atoms with Gasteiger partial charge in [0.05, 0.1) is 6.61 Å². The maximum Gasteiger partial charge on any atom is 0.124 e. The second-order valence-corrected chi connectivity index (χ2v) is 3.82. The number of nitrogens with two attached hydrogens (primary N) is 1. The van der Waals surface area contributed by atoms with Gasteiger partial charge < -0.3 is 15.4 Å². The molecule has 1 rings (SSSR count). The lowest BCUT2D eigenvalue weighted by molar-refractivity contribution is 0.335. The molecule has 0 aliphatic rings. The number of ether oxygens (including phenoxy) is 1. The van der Waals surface area contributed by atoms with Gasteiger partial charge in [-0.05, 0) is 32.6 Å². The molecule has 0 saturated heterocycles. The van der Waals surface area contributed by atoms with E-state index >= 15 is 0 Å². The molecule has 3 nitrogen and oxygen atoms in total. The van der Waals surface area contributed by atoms with Crippen LogP contribution in [0.1, 0.15) is 18.1 Å². The Morgan fingerprint density at radius 3 is 2.60 bits per heavy atom. The van der Waals surface area contributed by atoms with Crippen LogP contribution in [0.2, 0.25) is 0 Å². The van der Waals surface area contributed by atoms with Crippen molar-refractivity contribution in [1.29, 1.82) is 0 Å². The summed E-state index contributed by atoms with van der Waals surface area (Å²) in [5.74, 6) is 0.916. The lowest BCUT2D eigenvalue weighted by Gasteiger charge is -2.13. The SMILES string of the molecule is CCOc1cc(CN(C)C)ccc1CN. The molecule has 0 aliphatic carbocycles. The molecule has 0 saturated carbocycles. The Balaban J connectivity index is 2.88. The average Bonchev–Trinajstić information content (AvgIpc) is 2.18. The van der Waals surface area contributed by atoms with Gasteiger partial charge in [0.15, 0.2) is 0 Å². The number of benzene rings is 1. The molecule has 15 heavy (non-hydrogen) atoms. The van der Waals surface area contributed by atoms with Crippen molar-refractivity contribution in [1.82, 2.24) is 4.90 Å². The van der Waals surface area contributed by atoms with Crippen LogP contribution in [0.25, 0.3) is 0 Å². The van der Waals surface area contributed by atoms with Gasteiger partial charge in [-0.3, -0.25) is 0 Å². The summed E-state index contributed by atoms with van der Waals surface area (Å²) in [6, 6.07) is 6.22. The minimum atomic E-state index is 0.525. The zero-order valence-electron chi connectivity index (χ0n) is 9.79. The van der Waals surface area contributed by atoms with E-state index in [9.17, 15) is 0 Å². The van der Waals surface area contributed by atoms with E-state index in [-0.39, 0.29) is 0 Å². The smallest absolute Gasteiger partial charge is 0.124 e. The third-order valence-electron chi connectivity index (χ3n) is 2.15. The minimum Gasteiger partial charge on any atom is -0.494 e. The van der Waals surface area contributed by atoms with E-state index in [1.807, 2.05) is 13.0 Å². The van der Waals surface area contributed by atoms with Crippen LogP contribution < -0.4 is 10.5 Å². The maximum absolute atomic E-state index is 5.64. The molecule has 1 aromatic rings. The summed E-state index contributed by atoms with van der Waals surface area (Å²) in [5, 5.41) is 0. The normalized spacial score (nSPS) is 10.7. The number of rotatable bonds is 5. The first-order valence-corrected chi connectivity index (χ1v) is 5.26. The number of hydrogen-bond acceptors (Lipinski definition) is 3.